The molecule has 2 aromatic heterocycles. The number of nitrogens with two attached hydrogens (primary N) is 1. The minimum atomic E-state index is -3.30. The molecule has 0 bridgehead atoms. The van der Waals surface area contributed by atoms with Gasteiger partial charge in [0.2, 0.25) is 16.8 Å². The number of nitrogens with zero attached hydrogens (tertiary/aromatic N) is 4. The van der Waals surface area contributed by atoms with E-state index in [1.807, 2.05) is 16.7 Å². The van der Waals surface area contributed by atoms with Crippen molar-refractivity contribution in [2.24, 2.45) is 0 Å². The number of benzene rings is 1. The van der Waals surface area contributed by atoms with Crippen molar-refractivity contribution in [3.05, 3.63) is 22.0 Å². The van der Waals surface area contributed by atoms with Crippen LogP contribution in [-0.2, 0) is 16.6 Å². The molecule has 0 amide bonds. The molecule has 10 nitrogen and oxygen atoms in total. The van der Waals surface area contributed by atoms with Gasteiger partial charge < -0.3 is 19.8 Å². The Morgan fingerprint density at radius 1 is 1.31 bits per heavy atom. The van der Waals surface area contributed by atoms with E-state index in [0.717, 1.165) is 8.47 Å². The summed E-state index contributed by atoms with van der Waals surface area (Å²) in [4.78, 5) is 13.8. The second-order valence-electron chi connectivity index (χ2n) is 6.01. The number of halogens is 1. The maximum atomic E-state index is 11.8. The molecule has 3 aromatic rings. The first-order valence-corrected chi connectivity index (χ1v) is 12.1. The van der Waals surface area contributed by atoms with Crippen LogP contribution in [0.2, 0.25) is 0 Å². The van der Waals surface area contributed by atoms with Crippen LogP contribution in [0.25, 0.3) is 11.2 Å². The second-order valence-corrected chi connectivity index (χ2v) is 10.3. The Labute approximate surface area is 184 Å². The largest absolute Gasteiger partial charge is 0.454 e. The number of hydrogen-bond acceptors (Lipinski definition) is 9. The Bertz CT molecular complexity index is 1180. The molecule has 3 heterocycles. The fourth-order valence-corrected chi connectivity index (χ4v) is 5.02. The quantitative estimate of drug-likeness (QED) is 0.424. The van der Waals surface area contributed by atoms with Gasteiger partial charge >= 0.3 is 0 Å². The average molecular weight is 548 g/mol. The van der Waals surface area contributed by atoms with Gasteiger partial charge in [0.1, 0.15) is 6.33 Å². The molecule has 0 atom stereocenters. The van der Waals surface area contributed by atoms with E-state index >= 15 is 0 Å². The highest BCUT2D eigenvalue weighted by molar-refractivity contribution is 14.1. The zero-order valence-electron chi connectivity index (χ0n) is 15.3. The summed E-state index contributed by atoms with van der Waals surface area (Å²) in [5.41, 5.74) is 6.99. The summed E-state index contributed by atoms with van der Waals surface area (Å²) in [5.74, 6) is 1.66. The standard InChI is InChI=1S/C16H17IN6O4S2/c1-2-29(24,25)21-3-4-23-15-13(14(18)19-7-20-15)22-16(23)28-12-6-11-10(5-9(12)17)26-8-27-11/h5-7,21H,2-4,8H2,1H3,(H2,18,19,20). The molecule has 0 spiro atoms. The summed E-state index contributed by atoms with van der Waals surface area (Å²) in [6.07, 6.45) is 1.37. The Morgan fingerprint density at radius 3 is 2.83 bits per heavy atom. The summed E-state index contributed by atoms with van der Waals surface area (Å²) >= 11 is 3.64. The first-order valence-electron chi connectivity index (χ1n) is 8.59. The van der Waals surface area contributed by atoms with Crippen LogP contribution in [-0.4, -0.2) is 47.0 Å². The molecule has 29 heavy (non-hydrogen) atoms. The molecule has 0 radical (unpaired) electrons. The zero-order chi connectivity index (χ0) is 20.6. The molecule has 0 fully saturated rings. The predicted molar refractivity (Wildman–Crippen MR) is 117 cm³/mol. The molecule has 3 N–H and O–H groups in total. The number of aromatic nitrogens is 4. The lowest BCUT2D eigenvalue weighted by Gasteiger charge is -2.10. The Balaban J connectivity index is 1.69. The number of imidazole rings is 1. The monoisotopic (exact) mass is 548 g/mol. The Kier molecular flexibility index (Phi) is 5.72. The topological polar surface area (TPSA) is 134 Å². The van der Waals surface area contributed by atoms with Gasteiger partial charge in [-0.25, -0.2) is 28.1 Å². The van der Waals surface area contributed by atoms with E-state index in [9.17, 15) is 8.42 Å². The van der Waals surface area contributed by atoms with Crippen LogP contribution >= 0.6 is 34.4 Å². The molecule has 1 aliphatic heterocycles. The van der Waals surface area contributed by atoms with Crippen LogP contribution in [0, 0.1) is 3.57 Å². The molecule has 0 saturated carbocycles. The van der Waals surface area contributed by atoms with Crippen LogP contribution in [0.3, 0.4) is 0 Å². The van der Waals surface area contributed by atoms with Crippen molar-refractivity contribution in [3.63, 3.8) is 0 Å². The van der Waals surface area contributed by atoms with Gasteiger partial charge in [-0.05, 0) is 41.6 Å². The van der Waals surface area contributed by atoms with Crippen molar-refractivity contribution in [3.8, 4) is 11.5 Å². The van der Waals surface area contributed by atoms with Gasteiger partial charge in [0.15, 0.2) is 33.6 Å². The highest BCUT2D eigenvalue weighted by atomic mass is 127. The van der Waals surface area contributed by atoms with Crippen LogP contribution in [0.1, 0.15) is 6.92 Å². The highest BCUT2D eigenvalue weighted by Crippen LogP contribution is 2.41. The van der Waals surface area contributed by atoms with Crippen LogP contribution < -0.4 is 19.9 Å². The molecule has 1 aliphatic rings. The molecule has 154 valence electrons. The number of anilines is 1. The van der Waals surface area contributed by atoms with Crippen molar-refractivity contribution < 1.29 is 17.9 Å². The highest BCUT2D eigenvalue weighted by Gasteiger charge is 2.21. The van der Waals surface area contributed by atoms with Crippen molar-refractivity contribution in [1.29, 1.82) is 0 Å². The van der Waals surface area contributed by atoms with Crippen molar-refractivity contribution >= 4 is 61.4 Å². The van der Waals surface area contributed by atoms with E-state index in [0.29, 0.717) is 34.4 Å². The SMILES string of the molecule is CCS(=O)(=O)NCCn1c(Sc2cc3c(cc2I)OCO3)nc2c(N)ncnc21. The minimum absolute atomic E-state index is 0.0177. The summed E-state index contributed by atoms with van der Waals surface area (Å²) in [5, 5.41) is 0.625. The number of sulfonamides is 1. The van der Waals surface area contributed by atoms with Gasteiger partial charge in [0.25, 0.3) is 0 Å². The van der Waals surface area contributed by atoms with E-state index in [1.165, 1.54) is 18.1 Å². The molecule has 0 aliphatic carbocycles. The molecule has 13 heteroatoms. The normalized spacial score (nSPS) is 13.3. The molecule has 1 aromatic carbocycles. The molecular weight excluding hydrogens is 531 g/mol. The third-order valence-corrected chi connectivity index (χ3v) is 7.91. The van der Waals surface area contributed by atoms with Gasteiger partial charge in [-0.1, -0.05) is 11.8 Å². The van der Waals surface area contributed by atoms with Crippen LogP contribution in [0.15, 0.2) is 28.5 Å². The summed E-state index contributed by atoms with van der Waals surface area (Å²) in [7, 11) is -3.30. The van der Waals surface area contributed by atoms with E-state index in [4.69, 9.17) is 15.2 Å². The van der Waals surface area contributed by atoms with Gasteiger partial charge in [0.05, 0.1) is 5.75 Å². The number of ether oxygens (including phenoxy) is 2. The van der Waals surface area contributed by atoms with Crippen LogP contribution in [0.5, 0.6) is 11.5 Å². The average Bonchev–Trinajstić information content (AvgIpc) is 3.27. The maximum Gasteiger partial charge on any atom is 0.231 e. The van der Waals surface area contributed by atoms with E-state index in [2.05, 4.69) is 42.3 Å². The van der Waals surface area contributed by atoms with Crippen LogP contribution in [0.4, 0.5) is 5.82 Å². The van der Waals surface area contributed by atoms with E-state index in [1.54, 1.807) is 6.92 Å². The number of fused-ring (bicyclic) bond motifs is 2. The maximum absolute atomic E-state index is 11.8. The predicted octanol–water partition coefficient (Wildman–Crippen LogP) is 1.83. The Morgan fingerprint density at radius 2 is 2.07 bits per heavy atom. The minimum Gasteiger partial charge on any atom is -0.454 e. The third-order valence-electron chi connectivity index (χ3n) is 4.19. The number of nitrogen functional groups attached to an aromatic ring is 1. The number of nitrogens with one attached hydrogen (secondary N) is 1. The number of rotatable bonds is 7. The second kappa shape index (κ2) is 8.12. The van der Waals surface area contributed by atoms with Crippen molar-refractivity contribution in [2.45, 2.75) is 23.5 Å². The van der Waals surface area contributed by atoms with Gasteiger partial charge in [0, 0.05) is 21.6 Å². The van der Waals surface area contributed by atoms with Gasteiger partial charge in [-0.3, -0.25) is 0 Å². The third kappa shape index (κ3) is 4.22. The summed E-state index contributed by atoms with van der Waals surface area (Å²) in [6.45, 7) is 2.33. The summed E-state index contributed by atoms with van der Waals surface area (Å²) in [6, 6.07) is 3.80. The zero-order valence-corrected chi connectivity index (χ0v) is 19.0. The van der Waals surface area contributed by atoms with Gasteiger partial charge in [-0.15, -0.1) is 0 Å². The fourth-order valence-electron chi connectivity index (χ4n) is 2.70. The smallest absolute Gasteiger partial charge is 0.231 e. The molecule has 4 rings (SSSR count). The molecule has 0 unspecified atom stereocenters. The first kappa shape index (κ1) is 20.4. The Hall–Kier alpha value is -1.84. The lowest BCUT2D eigenvalue weighted by atomic mass is 10.3. The fraction of sp³-hybridized carbons (Fsp3) is 0.312. The molecular formula is C16H17IN6O4S2. The van der Waals surface area contributed by atoms with Gasteiger partial charge in [-0.2, -0.15) is 0 Å². The van der Waals surface area contributed by atoms with Crippen molar-refractivity contribution in [2.75, 3.05) is 24.8 Å². The van der Waals surface area contributed by atoms with E-state index in [-0.39, 0.29) is 24.9 Å². The summed E-state index contributed by atoms with van der Waals surface area (Å²) < 4.78 is 39.8. The van der Waals surface area contributed by atoms with E-state index < -0.39 is 10.0 Å². The lowest BCUT2D eigenvalue weighted by Crippen LogP contribution is -2.28. The van der Waals surface area contributed by atoms with Crippen molar-refractivity contribution in [1.82, 2.24) is 24.2 Å². The number of hydrogen-bond donors (Lipinski definition) is 2. The lowest BCUT2D eigenvalue weighted by molar-refractivity contribution is 0.174. The molecule has 0 saturated heterocycles. The first-order chi connectivity index (χ1) is 13.9.